The van der Waals surface area contributed by atoms with Crippen LogP contribution in [0.25, 0.3) is 0 Å². The fourth-order valence-corrected chi connectivity index (χ4v) is 3.28. The molecule has 0 heterocycles. The van der Waals surface area contributed by atoms with Crippen molar-refractivity contribution in [2.45, 2.75) is 104 Å². The number of hydrogen-bond acceptors (Lipinski definition) is 4. The van der Waals surface area contributed by atoms with Gasteiger partial charge in [-0.2, -0.15) is 0 Å². The normalized spacial score (nSPS) is 10.7. The minimum atomic E-state index is -0.242. The van der Waals surface area contributed by atoms with E-state index in [0.717, 1.165) is 24.8 Å². The average Bonchev–Trinajstić information content (AvgIpc) is 2.73. The summed E-state index contributed by atoms with van der Waals surface area (Å²) >= 11 is 0. The second-order valence-corrected chi connectivity index (χ2v) is 7.69. The highest BCUT2D eigenvalue weighted by Crippen LogP contribution is 2.19. The number of aryl methyl sites for hydroxylation is 1. The second kappa shape index (κ2) is 17.1. The summed E-state index contributed by atoms with van der Waals surface area (Å²) in [6.07, 6.45) is 14.1. The Labute approximate surface area is 177 Å². The molecule has 164 valence electrons. The van der Waals surface area contributed by atoms with E-state index in [0.29, 0.717) is 38.0 Å². The summed E-state index contributed by atoms with van der Waals surface area (Å²) in [5.74, 6) is 0.239. The molecule has 4 nitrogen and oxygen atoms in total. The molecule has 0 unspecified atom stereocenters. The molecule has 4 heteroatoms. The third-order valence-corrected chi connectivity index (χ3v) is 5.10. The number of ether oxygens (including phenoxy) is 2. The maximum absolute atomic E-state index is 12.0. The predicted molar refractivity (Wildman–Crippen MR) is 118 cm³/mol. The highest BCUT2D eigenvalue weighted by Gasteiger charge is 2.09. The Morgan fingerprint density at radius 3 is 1.97 bits per heavy atom. The van der Waals surface area contributed by atoms with Crippen molar-refractivity contribution in [2.24, 2.45) is 0 Å². The molecular formula is C25H40O4. The molecule has 0 amide bonds. The molecule has 0 aliphatic carbocycles. The first-order valence-corrected chi connectivity index (χ1v) is 11.6. The lowest BCUT2D eigenvalue weighted by atomic mass is 10.1. The van der Waals surface area contributed by atoms with Crippen molar-refractivity contribution in [3.8, 4) is 5.75 Å². The van der Waals surface area contributed by atoms with E-state index in [4.69, 9.17) is 9.47 Å². The van der Waals surface area contributed by atoms with Gasteiger partial charge in [-0.3, -0.25) is 9.59 Å². The standard InChI is InChI=1S/C25H40O4/c1-3-5-6-7-8-9-10-11-16-21-28-24(26)19-14-15-20-25(27)29-23-18-13-12-17-22(23)4-2/h12-13,17-18H,3-11,14-16,19-21H2,1-2H3. The van der Waals surface area contributed by atoms with Gasteiger partial charge in [0.25, 0.3) is 0 Å². The van der Waals surface area contributed by atoms with Crippen LogP contribution in [0.1, 0.15) is 103 Å². The van der Waals surface area contributed by atoms with Gasteiger partial charge < -0.3 is 9.47 Å². The number of benzene rings is 1. The smallest absolute Gasteiger partial charge is 0.311 e. The van der Waals surface area contributed by atoms with E-state index < -0.39 is 0 Å². The first-order chi connectivity index (χ1) is 14.2. The summed E-state index contributed by atoms with van der Waals surface area (Å²) in [6.45, 7) is 4.79. The van der Waals surface area contributed by atoms with Gasteiger partial charge in [-0.15, -0.1) is 0 Å². The molecule has 0 fully saturated rings. The molecule has 0 saturated heterocycles. The van der Waals surface area contributed by atoms with Crippen molar-refractivity contribution in [2.75, 3.05) is 6.61 Å². The Kier molecular flexibility index (Phi) is 14.8. The number of esters is 2. The van der Waals surface area contributed by atoms with Gasteiger partial charge in [-0.1, -0.05) is 83.4 Å². The zero-order valence-electron chi connectivity index (χ0n) is 18.5. The predicted octanol–water partition coefficient (Wildman–Crippen LogP) is 6.79. The van der Waals surface area contributed by atoms with Gasteiger partial charge in [0.15, 0.2) is 0 Å². The van der Waals surface area contributed by atoms with Crippen LogP contribution in [0.4, 0.5) is 0 Å². The molecule has 0 saturated carbocycles. The Balaban J connectivity index is 1.96. The van der Waals surface area contributed by atoms with Gasteiger partial charge in [-0.25, -0.2) is 0 Å². The Bertz CT molecular complexity index is 568. The lowest BCUT2D eigenvalue weighted by molar-refractivity contribution is -0.144. The summed E-state index contributed by atoms with van der Waals surface area (Å²) in [5.41, 5.74) is 1.03. The van der Waals surface area contributed by atoms with Gasteiger partial charge in [-0.05, 0) is 37.3 Å². The van der Waals surface area contributed by atoms with E-state index in [9.17, 15) is 9.59 Å². The number of unbranched alkanes of at least 4 members (excludes halogenated alkanes) is 9. The summed E-state index contributed by atoms with van der Waals surface area (Å²) < 4.78 is 10.7. The van der Waals surface area contributed by atoms with Crippen LogP contribution >= 0.6 is 0 Å². The number of carbonyl (C=O) groups is 2. The first-order valence-electron chi connectivity index (χ1n) is 11.6. The number of rotatable bonds is 17. The quantitative estimate of drug-likeness (QED) is 0.163. The zero-order valence-corrected chi connectivity index (χ0v) is 18.5. The monoisotopic (exact) mass is 404 g/mol. The van der Waals surface area contributed by atoms with E-state index in [1.165, 1.54) is 44.9 Å². The topological polar surface area (TPSA) is 52.6 Å². The Morgan fingerprint density at radius 2 is 1.31 bits per heavy atom. The zero-order chi connectivity index (χ0) is 21.2. The SMILES string of the molecule is CCCCCCCCCCCOC(=O)CCCCC(=O)Oc1ccccc1CC. The molecule has 29 heavy (non-hydrogen) atoms. The average molecular weight is 405 g/mol. The highest BCUT2D eigenvalue weighted by molar-refractivity contribution is 5.73. The third-order valence-electron chi connectivity index (χ3n) is 5.10. The fourth-order valence-electron chi connectivity index (χ4n) is 3.28. The third kappa shape index (κ3) is 13.1. The van der Waals surface area contributed by atoms with Crippen molar-refractivity contribution >= 4 is 11.9 Å². The molecule has 0 aromatic heterocycles. The number of hydrogen-bond donors (Lipinski definition) is 0. The van der Waals surface area contributed by atoms with Crippen LogP contribution in [0.5, 0.6) is 5.75 Å². The molecule has 0 bridgehead atoms. The van der Waals surface area contributed by atoms with Gasteiger partial charge in [0.2, 0.25) is 0 Å². The molecule has 0 aliphatic heterocycles. The first kappa shape index (κ1) is 25.2. The molecular weight excluding hydrogens is 364 g/mol. The van der Waals surface area contributed by atoms with Crippen LogP contribution in [-0.4, -0.2) is 18.5 Å². The molecule has 1 aromatic carbocycles. The van der Waals surface area contributed by atoms with Crippen LogP contribution in [0.2, 0.25) is 0 Å². The molecule has 0 spiro atoms. The molecule has 1 rings (SSSR count). The van der Waals surface area contributed by atoms with Crippen LogP contribution in [0.3, 0.4) is 0 Å². The molecule has 0 N–H and O–H groups in total. The molecule has 0 atom stereocenters. The maximum atomic E-state index is 12.0. The van der Waals surface area contributed by atoms with Crippen LogP contribution in [0.15, 0.2) is 24.3 Å². The van der Waals surface area contributed by atoms with Crippen LogP contribution < -0.4 is 4.74 Å². The van der Waals surface area contributed by atoms with E-state index in [2.05, 4.69) is 6.92 Å². The number of carbonyl (C=O) groups excluding carboxylic acids is 2. The fraction of sp³-hybridized carbons (Fsp3) is 0.680. The number of para-hydroxylation sites is 1. The summed E-state index contributed by atoms with van der Waals surface area (Å²) in [4.78, 5) is 23.7. The lowest BCUT2D eigenvalue weighted by Gasteiger charge is -2.08. The highest BCUT2D eigenvalue weighted by atomic mass is 16.5. The van der Waals surface area contributed by atoms with Gasteiger partial charge >= 0.3 is 11.9 Å². The van der Waals surface area contributed by atoms with Gasteiger partial charge in [0.1, 0.15) is 5.75 Å². The summed E-state index contributed by atoms with van der Waals surface area (Å²) in [7, 11) is 0. The van der Waals surface area contributed by atoms with Crippen molar-refractivity contribution in [3.05, 3.63) is 29.8 Å². The minimum absolute atomic E-state index is 0.158. The van der Waals surface area contributed by atoms with E-state index in [1.807, 2.05) is 31.2 Å². The Morgan fingerprint density at radius 1 is 0.724 bits per heavy atom. The van der Waals surface area contributed by atoms with E-state index in [-0.39, 0.29) is 11.9 Å². The largest absolute Gasteiger partial charge is 0.466 e. The minimum Gasteiger partial charge on any atom is -0.466 e. The van der Waals surface area contributed by atoms with Crippen molar-refractivity contribution in [1.29, 1.82) is 0 Å². The van der Waals surface area contributed by atoms with Crippen molar-refractivity contribution in [3.63, 3.8) is 0 Å². The van der Waals surface area contributed by atoms with E-state index in [1.54, 1.807) is 0 Å². The maximum Gasteiger partial charge on any atom is 0.311 e. The molecule has 1 aromatic rings. The second-order valence-electron chi connectivity index (χ2n) is 7.69. The molecule has 0 aliphatic rings. The van der Waals surface area contributed by atoms with Gasteiger partial charge in [0, 0.05) is 12.8 Å². The Hall–Kier alpha value is -1.84. The lowest BCUT2D eigenvalue weighted by Crippen LogP contribution is -2.10. The summed E-state index contributed by atoms with van der Waals surface area (Å²) in [6, 6.07) is 7.59. The van der Waals surface area contributed by atoms with Crippen LogP contribution in [0, 0.1) is 0 Å². The van der Waals surface area contributed by atoms with Crippen molar-refractivity contribution in [1.82, 2.24) is 0 Å². The van der Waals surface area contributed by atoms with E-state index >= 15 is 0 Å². The van der Waals surface area contributed by atoms with Crippen LogP contribution in [-0.2, 0) is 20.7 Å². The van der Waals surface area contributed by atoms with Crippen molar-refractivity contribution < 1.29 is 19.1 Å². The summed E-state index contributed by atoms with van der Waals surface area (Å²) in [5, 5.41) is 0. The molecule has 0 radical (unpaired) electrons. The van der Waals surface area contributed by atoms with Gasteiger partial charge in [0.05, 0.1) is 6.61 Å².